The highest BCUT2D eigenvalue weighted by atomic mass is 16.5. The van der Waals surface area contributed by atoms with E-state index in [1.54, 1.807) is 25.7 Å². The van der Waals surface area contributed by atoms with Gasteiger partial charge in [0.1, 0.15) is 5.60 Å². The first-order valence-electron chi connectivity index (χ1n) is 4.04. The van der Waals surface area contributed by atoms with E-state index in [1.165, 1.54) is 0 Å². The maximum atomic E-state index is 5.37. The van der Waals surface area contributed by atoms with Crippen LogP contribution >= 0.6 is 0 Å². The van der Waals surface area contributed by atoms with Gasteiger partial charge in [-0.25, -0.2) is 0 Å². The average molecular weight is 166 g/mol. The maximum absolute atomic E-state index is 5.37. The number of hydrogen-bond donors (Lipinski definition) is 0. The lowest BCUT2D eigenvalue weighted by Gasteiger charge is -2.25. The van der Waals surface area contributed by atoms with Gasteiger partial charge in [0.25, 0.3) is 0 Å². The first-order chi connectivity index (χ1) is 5.73. The number of rotatable bonds is 3. The Bertz CT molecular complexity index is 232. The minimum Gasteiger partial charge on any atom is -0.372 e. The Morgan fingerprint density at radius 1 is 1.50 bits per heavy atom. The molecule has 3 heteroatoms. The van der Waals surface area contributed by atoms with E-state index >= 15 is 0 Å². The van der Waals surface area contributed by atoms with Gasteiger partial charge in [0.05, 0.1) is 11.9 Å². The largest absolute Gasteiger partial charge is 0.372 e. The first-order valence-corrected chi connectivity index (χ1v) is 4.04. The molecule has 66 valence electrons. The molecule has 1 atom stereocenters. The molecule has 0 bridgehead atoms. The highest BCUT2D eigenvalue weighted by molar-refractivity contribution is 5.06. The predicted octanol–water partition coefficient (Wildman–Crippen LogP) is 1.75. The minimum atomic E-state index is -0.297. The third-order valence-electron chi connectivity index (χ3n) is 2.23. The molecule has 0 spiro atoms. The molecule has 1 heterocycles. The van der Waals surface area contributed by atoms with Crippen molar-refractivity contribution in [1.82, 2.24) is 9.97 Å². The second-order valence-electron chi connectivity index (χ2n) is 2.88. The highest BCUT2D eigenvalue weighted by Gasteiger charge is 2.25. The Balaban J connectivity index is 2.95. The predicted molar refractivity (Wildman–Crippen MR) is 46.7 cm³/mol. The molecule has 0 N–H and O–H groups in total. The molecule has 12 heavy (non-hydrogen) atoms. The molecular weight excluding hydrogens is 152 g/mol. The van der Waals surface area contributed by atoms with E-state index in [9.17, 15) is 0 Å². The molecule has 0 aliphatic carbocycles. The van der Waals surface area contributed by atoms with Gasteiger partial charge in [0.15, 0.2) is 0 Å². The van der Waals surface area contributed by atoms with E-state index in [0.29, 0.717) is 0 Å². The van der Waals surface area contributed by atoms with Gasteiger partial charge in [0.2, 0.25) is 0 Å². The summed E-state index contributed by atoms with van der Waals surface area (Å²) in [5, 5.41) is 0. The average Bonchev–Trinajstić information content (AvgIpc) is 2.18. The van der Waals surface area contributed by atoms with Crippen molar-refractivity contribution < 1.29 is 4.74 Å². The van der Waals surface area contributed by atoms with Gasteiger partial charge in [-0.05, 0) is 13.3 Å². The molecule has 1 aromatic rings. The molecule has 3 nitrogen and oxygen atoms in total. The Labute approximate surface area is 72.8 Å². The fourth-order valence-electron chi connectivity index (χ4n) is 1.00. The summed E-state index contributed by atoms with van der Waals surface area (Å²) in [6, 6.07) is 0. The third kappa shape index (κ3) is 1.61. The minimum absolute atomic E-state index is 0.297. The summed E-state index contributed by atoms with van der Waals surface area (Å²) in [6.07, 6.45) is 5.98. The summed E-state index contributed by atoms with van der Waals surface area (Å²) in [5.74, 6) is 0. The van der Waals surface area contributed by atoms with Crippen molar-refractivity contribution in [3.8, 4) is 0 Å². The van der Waals surface area contributed by atoms with Crippen molar-refractivity contribution in [3.63, 3.8) is 0 Å². The fourth-order valence-corrected chi connectivity index (χ4v) is 1.00. The number of nitrogens with zero attached hydrogens (tertiary/aromatic N) is 2. The third-order valence-corrected chi connectivity index (χ3v) is 2.23. The SMILES string of the molecule is CC[C@@](C)(OC)c1cnccn1. The molecule has 0 fully saturated rings. The molecular formula is C9H14N2O. The second kappa shape index (κ2) is 3.63. The Morgan fingerprint density at radius 3 is 2.67 bits per heavy atom. The zero-order chi connectivity index (χ0) is 9.03. The fraction of sp³-hybridized carbons (Fsp3) is 0.556. The van der Waals surface area contributed by atoms with E-state index in [-0.39, 0.29) is 5.60 Å². The number of methoxy groups -OCH3 is 1. The summed E-state index contributed by atoms with van der Waals surface area (Å²) in [7, 11) is 1.69. The number of ether oxygens (including phenoxy) is 1. The lowest BCUT2D eigenvalue weighted by atomic mass is 9.99. The van der Waals surface area contributed by atoms with E-state index in [2.05, 4.69) is 16.9 Å². The van der Waals surface area contributed by atoms with Crippen LogP contribution in [-0.4, -0.2) is 17.1 Å². The quantitative estimate of drug-likeness (QED) is 0.686. The van der Waals surface area contributed by atoms with Gasteiger partial charge in [-0.1, -0.05) is 6.92 Å². The summed E-state index contributed by atoms with van der Waals surface area (Å²) in [5.41, 5.74) is 0.587. The zero-order valence-corrected chi connectivity index (χ0v) is 7.74. The summed E-state index contributed by atoms with van der Waals surface area (Å²) in [4.78, 5) is 8.21. The van der Waals surface area contributed by atoms with Crippen LogP contribution in [0.25, 0.3) is 0 Å². The second-order valence-corrected chi connectivity index (χ2v) is 2.88. The standard InChI is InChI=1S/C9H14N2O/c1-4-9(2,12-3)8-7-10-5-6-11-8/h5-7H,4H2,1-3H3/t9-/m1/s1. The molecule has 0 unspecified atom stereocenters. The van der Waals surface area contributed by atoms with E-state index in [1.807, 2.05) is 6.92 Å². The van der Waals surface area contributed by atoms with Crippen molar-refractivity contribution in [2.24, 2.45) is 0 Å². The summed E-state index contributed by atoms with van der Waals surface area (Å²) < 4.78 is 5.37. The molecule has 0 aliphatic rings. The lowest BCUT2D eigenvalue weighted by molar-refractivity contribution is -0.00535. The number of aromatic nitrogens is 2. The van der Waals surface area contributed by atoms with Gasteiger partial charge in [-0.15, -0.1) is 0 Å². The van der Waals surface area contributed by atoms with Gasteiger partial charge < -0.3 is 4.74 Å². The van der Waals surface area contributed by atoms with Crippen molar-refractivity contribution in [2.45, 2.75) is 25.9 Å². The smallest absolute Gasteiger partial charge is 0.108 e. The van der Waals surface area contributed by atoms with Crippen molar-refractivity contribution in [1.29, 1.82) is 0 Å². The highest BCUT2D eigenvalue weighted by Crippen LogP contribution is 2.24. The topological polar surface area (TPSA) is 35.0 Å². The van der Waals surface area contributed by atoms with Crippen molar-refractivity contribution in [3.05, 3.63) is 24.3 Å². The Kier molecular flexibility index (Phi) is 2.76. The van der Waals surface area contributed by atoms with Gasteiger partial charge in [0, 0.05) is 19.5 Å². The molecule has 0 radical (unpaired) electrons. The lowest BCUT2D eigenvalue weighted by Crippen LogP contribution is -2.24. The van der Waals surface area contributed by atoms with Crippen LogP contribution in [-0.2, 0) is 10.3 Å². The van der Waals surface area contributed by atoms with Crippen molar-refractivity contribution >= 4 is 0 Å². The van der Waals surface area contributed by atoms with E-state index in [4.69, 9.17) is 4.74 Å². The molecule has 0 aromatic carbocycles. The Hall–Kier alpha value is -0.960. The van der Waals surface area contributed by atoms with Gasteiger partial charge >= 0.3 is 0 Å². The van der Waals surface area contributed by atoms with Crippen molar-refractivity contribution in [2.75, 3.05) is 7.11 Å². The van der Waals surface area contributed by atoms with Crippen LogP contribution in [0.3, 0.4) is 0 Å². The van der Waals surface area contributed by atoms with Crippen LogP contribution < -0.4 is 0 Å². The normalized spacial score (nSPS) is 15.6. The van der Waals surface area contributed by atoms with Gasteiger partial charge in [-0.2, -0.15) is 0 Å². The zero-order valence-electron chi connectivity index (χ0n) is 7.74. The van der Waals surface area contributed by atoms with Crippen LogP contribution in [0.15, 0.2) is 18.6 Å². The van der Waals surface area contributed by atoms with E-state index < -0.39 is 0 Å². The molecule has 0 saturated heterocycles. The molecule has 1 aromatic heterocycles. The van der Waals surface area contributed by atoms with Gasteiger partial charge in [-0.3, -0.25) is 9.97 Å². The van der Waals surface area contributed by atoms with Crippen LogP contribution in [0.2, 0.25) is 0 Å². The molecule has 1 rings (SSSR count). The molecule has 0 amide bonds. The Morgan fingerprint density at radius 2 is 2.25 bits per heavy atom. The van der Waals surface area contributed by atoms with Crippen LogP contribution in [0, 0.1) is 0 Å². The molecule has 0 aliphatic heterocycles. The number of hydrogen-bond acceptors (Lipinski definition) is 3. The molecule has 0 saturated carbocycles. The summed E-state index contributed by atoms with van der Waals surface area (Å²) in [6.45, 7) is 4.08. The summed E-state index contributed by atoms with van der Waals surface area (Å²) >= 11 is 0. The van der Waals surface area contributed by atoms with Crippen LogP contribution in [0.4, 0.5) is 0 Å². The van der Waals surface area contributed by atoms with Crippen LogP contribution in [0.1, 0.15) is 26.0 Å². The van der Waals surface area contributed by atoms with Crippen LogP contribution in [0.5, 0.6) is 0 Å². The van der Waals surface area contributed by atoms with E-state index in [0.717, 1.165) is 12.1 Å². The maximum Gasteiger partial charge on any atom is 0.108 e. The first kappa shape index (κ1) is 9.13. The monoisotopic (exact) mass is 166 g/mol.